The van der Waals surface area contributed by atoms with Crippen LogP contribution in [0.25, 0.3) is 0 Å². The Kier molecular flexibility index (Phi) is 8.18. The summed E-state index contributed by atoms with van der Waals surface area (Å²) in [6.45, 7) is 5.13. The standard InChI is InChI=1S/C23H34F2N2O2/c1-3-8-29-23-14-22(21-13-19(28-2)4-5-20(21)23)27-7-6-18(26)11-15-9-16(24)12-17(25)10-15/h3,9-10,12,18-23,27H,1,4-8,11,13-14,26H2,2H3/t18?,19?,20?,21?,22-,23+/m0/s1. The van der Waals surface area contributed by atoms with Gasteiger partial charge in [-0.1, -0.05) is 6.08 Å². The summed E-state index contributed by atoms with van der Waals surface area (Å²) in [6, 6.07) is 3.83. The number of ether oxygens (including phenoxy) is 2. The molecule has 162 valence electrons. The van der Waals surface area contributed by atoms with Crippen LogP contribution in [0.15, 0.2) is 30.9 Å². The molecule has 6 heteroatoms. The van der Waals surface area contributed by atoms with Crippen LogP contribution >= 0.6 is 0 Å². The van der Waals surface area contributed by atoms with Crippen LogP contribution in [0.5, 0.6) is 0 Å². The summed E-state index contributed by atoms with van der Waals surface area (Å²) in [5.41, 5.74) is 6.82. The van der Waals surface area contributed by atoms with Gasteiger partial charge in [0, 0.05) is 25.3 Å². The number of methoxy groups -OCH3 is 1. The molecule has 0 aliphatic heterocycles. The number of halogens is 2. The van der Waals surface area contributed by atoms with E-state index in [2.05, 4.69) is 11.9 Å². The van der Waals surface area contributed by atoms with Crippen molar-refractivity contribution in [2.45, 2.75) is 62.8 Å². The Labute approximate surface area is 172 Å². The first-order valence-electron chi connectivity index (χ1n) is 10.7. The molecule has 1 aromatic carbocycles. The highest BCUT2D eigenvalue weighted by molar-refractivity contribution is 5.18. The molecule has 0 saturated heterocycles. The van der Waals surface area contributed by atoms with Gasteiger partial charge in [-0.25, -0.2) is 8.78 Å². The second kappa shape index (κ2) is 10.6. The normalized spacial score (nSPS) is 30.1. The molecule has 3 rings (SSSR count). The summed E-state index contributed by atoms with van der Waals surface area (Å²) in [7, 11) is 1.79. The lowest BCUT2D eigenvalue weighted by atomic mass is 9.78. The van der Waals surface area contributed by atoms with Crippen molar-refractivity contribution in [3.05, 3.63) is 48.1 Å². The van der Waals surface area contributed by atoms with Crippen LogP contribution in [0, 0.1) is 23.5 Å². The summed E-state index contributed by atoms with van der Waals surface area (Å²) in [4.78, 5) is 0. The summed E-state index contributed by atoms with van der Waals surface area (Å²) < 4.78 is 38.4. The number of hydrogen-bond donors (Lipinski definition) is 2. The number of rotatable bonds is 10. The third kappa shape index (κ3) is 6.07. The van der Waals surface area contributed by atoms with Crippen molar-refractivity contribution in [3.63, 3.8) is 0 Å². The van der Waals surface area contributed by atoms with Crippen LogP contribution in [0.4, 0.5) is 8.78 Å². The Morgan fingerprint density at radius 2 is 1.97 bits per heavy atom. The maximum Gasteiger partial charge on any atom is 0.126 e. The first kappa shape index (κ1) is 22.3. The van der Waals surface area contributed by atoms with E-state index in [1.807, 2.05) is 6.08 Å². The average Bonchev–Trinajstić information content (AvgIpc) is 3.02. The Balaban J connectivity index is 1.50. The van der Waals surface area contributed by atoms with Crippen molar-refractivity contribution < 1.29 is 18.3 Å². The number of fused-ring (bicyclic) bond motifs is 1. The van der Waals surface area contributed by atoms with E-state index in [0.29, 0.717) is 42.6 Å². The van der Waals surface area contributed by atoms with Gasteiger partial charge in [-0.3, -0.25) is 0 Å². The maximum absolute atomic E-state index is 13.4. The highest BCUT2D eigenvalue weighted by Gasteiger charge is 2.46. The molecule has 4 unspecified atom stereocenters. The van der Waals surface area contributed by atoms with Gasteiger partial charge in [-0.05, 0) is 74.6 Å². The predicted molar refractivity (Wildman–Crippen MR) is 111 cm³/mol. The Hall–Kier alpha value is -1.34. The van der Waals surface area contributed by atoms with Gasteiger partial charge in [-0.15, -0.1) is 6.58 Å². The van der Waals surface area contributed by atoms with Crippen LogP contribution in [0.3, 0.4) is 0 Å². The van der Waals surface area contributed by atoms with Crippen LogP contribution < -0.4 is 11.1 Å². The average molecular weight is 409 g/mol. The topological polar surface area (TPSA) is 56.5 Å². The van der Waals surface area contributed by atoms with Gasteiger partial charge in [-0.2, -0.15) is 0 Å². The van der Waals surface area contributed by atoms with Gasteiger partial charge in [0.1, 0.15) is 11.6 Å². The lowest BCUT2D eigenvalue weighted by molar-refractivity contribution is -0.0116. The van der Waals surface area contributed by atoms with Gasteiger partial charge in [0.05, 0.1) is 18.8 Å². The molecule has 4 nitrogen and oxygen atoms in total. The molecule has 2 saturated carbocycles. The zero-order valence-electron chi connectivity index (χ0n) is 17.3. The van der Waals surface area contributed by atoms with Gasteiger partial charge in [0.15, 0.2) is 0 Å². The zero-order chi connectivity index (χ0) is 20.8. The van der Waals surface area contributed by atoms with Crippen molar-refractivity contribution in [3.8, 4) is 0 Å². The van der Waals surface area contributed by atoms with Crippen LogP contribution in [0.1, 0.15) is 37.7 Å². The second-order valence-corrected chi connectivity index (χ2v) is 8.49. The lowest BCUT2D eigenvalue weighted by Crippen LogP contribution is -2.40. The second-order valence-electron chi connectivity index (χ2n) is 8.49. The van der Waals surface area contributed by atoms with E-state index in [1.165, 1.54) is 12.1 Å². The molecule has 6 atom stereocenters. The minimum Gasteiger partial charge on any atom is -0.381 e. The largest absolute Gasteiger partial charge is 0.381 e. The molecule has 3 N–H and O–H groups in total. The molecule has 29 heavy (non-hydrogen) atoms. The molecule has 2 aliphatic rings. The Morgan fingerprint density at radius 3 is 2.66 bits per heavy atom. The quantitative estimate of drug-likeness (QED) is 0.581. The predicted octanol–water partition coefficient (Wildman–Crippen LogP) is 3.59. The van der Waals surface area contributed by atoms with E-state index in [1.54, 1.807) is 7.11 Å². The first-order valence-corrected chi connectivity index (χ1v) is 10.7. The van der Waals surface area contributed by atoms with E-state index < -0.39 is 11.6 Å². The molecular weight excluding hydrogens is 374 g/mol. The van der Waals surface area contributed by atoms with Crippen molar-refractivity contribution in [2.75, 3.05) is 20.3 Å². The van der Waals surface area contributed by atoms with Gasteiger partial charge < -0.3 is 20.5 Å². The summed E-state index contributed by atoms with van der Waals surface area (Å²) >= 11 is 0. The summed E-state index contributed by atoms with van der Waals surface area (Å²) in [5.74, 6) is -0.0179. The number of nitrogens with one attached hydrogen (secondary N) is 1. The number of benzene rings is 1. The SMILES string of the molecule is C=CCO[C@@H]1C[C@H](NCCC(N)Cc2cc(F)cc(F)c2)C2CC(OC)CCC21. The Bertz CT molecular complexity index is 652. The third-order valence-corrected chi connectivity index (χ3v) is 6.49. The van der Waals surface area contributed by atoms with E-state index >= 15 is 0 Å². The molecule has 0 bridgehead atoms. The lowest BCUT2D eigenvalue weighted by Gasteiger charge is -2.35. The minimum absolute atomic E-state index is 0.146. The monoisotopic (exact) mass is 408 g/mol. The van der Waals surface area contributed by atoms with Gasteiger partial charge >= 0.3 is 0 Å². The summed E-state index contributed by atoms with van der Waals surface area (Å²) in [6.07, 6.45) is 7.88. The third-order valence-electron chi connectivity index (χ3n) is 6.49. The van der Waals surface area contributed by atoms with Crippen molar-refractivity contribution in [1.29, 1.82) is 0 Å². The highest BCUT2D eigenvalue weighted by atomic mass is 19.1. The van der Waals surface area contributed by atoms with Gasteiger partial charge in [0.25, 0.3) is 0 Å². The minimum atomic E-state index is -0.558. The first-order chi connectivity index (χ1) is 14.0. The molecule has 0 radical (unpaired) electrons. The fourth-order valence-corrected chi connectivity index (χ4v) is 5.13. The molecule has 0 aromatic heterocycles. The molecular formula is C23H34F2N2O2. The van der Waals surface area contributed by atoms with Crippen molar-refractivity contribution in [2.24, 2.45) is 17.6 Å². The van der Waals surface area contributed by atoms with Crippen molar-refractivity contribution >= 4 is 0 Å². The Morgan fingerprint density at radius 1 is 1.21 bits per heavy atom. The van der Waals surface area contributed by atoms with E-state index in [0.717, 1.165) is 44.7 Å². The molecule has 0 amide bonds. The van der Waals surface area contributed by atoms with Crippen molar-refractivity contribution in [1.82, 2.24) is 5.32 Å². The zero-order valence-corrected chi connectivity index (χ0v) is 17.3. The van der Waals surface area contributed by atoms with E-state index in [9.17, 15) is 8.78 Å². The summed E-state index contributed by atoms with van der Waals surface area (Å²) in [5, 5.41) is 3.68. The molecule has 0 spiro atoms. The van der Waals surface area contributed by atoms with E-state index in [-0.39, 0.29) is 12.1 Å². The van der Waals surface area contributed by atoms with Gasteiger partial charge in [0.2, 0.25) is 0 Å². The van der Waals surface area contributed by atoms with Crippen LogP contribution in [-0.2, 0) is 15.9 Å². The molecule has 2 fully saturated rings. The highest BCUT2D eigenvalue weighted by Crippen LogP contribution is 2.44. The number of nitrogens with two attached hydrogens (primary N) is 1. The molecule has 2 aliphatic carbocycles. The smallest absolute Gasteiger partial charge is 0.126 e. The molecule has 0 heterocycles. The van der Waals surface area contributed by atoms with Crippen LogP contribution in [0.2, 0.25) is 0 Å². The van der Waals surface area contributed by atoms with E-state index in [4.69, 9.17) is 15.2 Å². The fourth-order valence-electron chi connectivity index (χ4n) is 5.13. The fraction of sp³-hybridized carbons (Fsp3) is 0.652. The molecule has 1 aromatic rings. The van der Waals surface area contributed by atoms with Crippen LogP contribution in [-0.4, -0.2) is 44.6 Å². The maximum atomic E-state index is 13.4. The number of hydrogen-bond acceptors (Lipinski definition) is 4.